The van der Waals surface area contributed by atoms with Gasteiger partial charge in [0.2, 0.25) is 0 Å². The third-order valence-corrected chi connectivity index (χ3v) is 6.37. The minimum Gasteiger partial charge on any atom is -0.355 e. The van der Waals surface area contributed by atoms with E-state index in [2.05, 4.69) is 62.4 Å². The van der Waals surface area contributed by atoms with Crippen LogP contribution in [0.1, 0.15) is 24.6 Å². The summed E-state index contributed by atoms with van der Waals surface area (Å²) in [6, 6.07) is 4.21. The molecule has 1 atom stereocenters. The van der Waals surface area contributed by atoms with Crippen molar-refractivity contribution >= 4 is 69.0 Å². The largest absolute Gasteiger partial charge is 0.355 e. The summed E-state index contributed by atoms with van der Waals surface area (Å²) < 4.78 is 1.53. The monoisotopic (exact) mass is 489 g/mol. The van der Waals surface area contributed by atoms with Gasteiger partial charge in [-0.2, -0.15) is 11.8 Å². The van der Waals surface area contributed by atoms with Gasteiger partial charge in [0.25, 0.3) is 0 Å². The fourth-order valence-corrected chi connectivity index (χ4v) is 4.75. The molecule has 1 aliphatic heterocycles. The van der Waals surface area contributed by atoms with Crippen molar-refractivity contribution in [1.29, 1.82) is 0 Å². The van der Waals surface area contributed by atoms with E-state index in [0.29, 0.717) is 4.75 Å². The molecule has 20 heavy (non-hydrogen) atoms. The predicted octanol–water partition coefficient (Wildman–Crippen LogP) is 4.08. The van der Waals surface area contributed by atoms with E-state index in [4.69, 9.17) is 0 Å². The standard InChI is InChI=1S/C13H20BrN3S2.HI/c1-13(6-3-7-18-13)9-17-12(15-2)16-8-10-4-5-11(14)19-10;/h4-5H,3,6-9H2,1-2H3,(H2,15,16,17);1H. The van der Waals surface area contributed by atoms with Gasteiger partial charge in [-0.05, 0) is 53.6 Å². The van der Waals surface area contributed by atoms with Crippen LogP contribution >= 0.6 is 63.0 Å². The maximum atomic E-state index is 4.28. The highest BCUT2D eigenvalue weighted by atomic mass is 127. The number of nitrogens with one attached hydrogen (secondary N) is 2. The lowest BCUT2D eigenvalue weighted by Gasteiger charge is -2.24. The molecule has 0 bridgehead atoms. The van der Waals surface area contributed by atoms with Gasteiger partial charge in [-0.3, -0.25) is 4.99 Å². The van der Waals surface area contributed by atoms with Gasteiger partial charge in [0, 0.05) is 23.2 Å². The average molecular weight is 490 g/mol. The fourth-order valence-electron chi connectivity index (χ4n) is 2.09. The number of rotatable bonds is 4. The van der Waals surface area contributed by atoms with Crippen LogP contribution in [0.2, 0.25) is 0 Å². The number of hydrogen-bond donors (Lipinski definition) is 2. The van der Waals surface area contributed by atoms with Gasteiger partial charge < -0.3 is 10.6 Å². The molecule has 3 nitrogen and oxygen atoms in total. The lowest BCUT2D eigenvalue weighted by molar-refractivity contribution is 0.585. The normalized spacial score (nSPS) is 22.4. The van der Waals surface area contributed by atoms with Gasteiger partial charge in [-0.15, -0.1) is 35.3 Å². The molecule has 1 aliphatic rings. The summed E-state index contributed by atoms with van der Waals surface area (Å²) in [5.74, 6) is 2.17. The molecule has 7 heteroatoms. The first-order valence-corrected chi connectivity index (χ1v) is 9.03. The number of thiophene rings is 1. The molecule has 0 aromatic carbocycles. The Hall–Kier alpha value is 0.530. The van der Waals surface area contributed by atoms with Gasteiger partial charge in [0.1, 0.15) is 0 Å². The predicted molar refractivity (Wildman–Crippen MR) is 106 cm³/mol. The molecular weight excluding hydrogens is 469 g/mol. The molecule has 0 radical (unpaired) electrons. The van der Waals surface area contributed by atoms with Crippen LogP contribution in [-0.4, -0.2) is 30.1 Å². The molecule has 0 saturated carbocycles. The SMILES string of the molecule is CN=C(NCc1ccc(Br)s1)NCC1(C)CCCS1.I. The number of hydrogen-bond acceptors (Lipinski definition) is 3. The zero-order valence-corrected chi connectivity index (χ0v) is 17.3. The summed E-state index contributed by atoms with van der Waals surface area (Å²) in [6.07, 6.45) is 2.62. The highest BCUT2D eigenvalue weighted by Crippen LogP contribution is 2.36. The van der Waals surface area contributed by atoms with E-state index in [1.165, 1.54) is 27.3 Å². The maximum absolute atomic E-state index is 4.28. The lowest BCUT2D eigenvalue weighted by Crippen LogP contribution is -2.43. The van der Waals surface area contributed by atoms with Gasteiger partial charge in [0.15, 0.2) is 5.96 Å². The minimum atomic E-state index is 0. The third kappa shape index (κ3) is 5.73. The fraction of sp³-hybridized carbons (Fsp3) is 0.615. The van der Waals surface area contributed by atoms with Crippen molar-refractivity contribution in [2.24, 2.45) is 4.99 Å². The number of thioether (sulfide) groups is 1. The van der Waals surface area contributed by atoms with Crippen LogP contribution in [0, 0.1) is 0 Å². The number of nitrogens with zero attached hydrogens (tertiary/aromatic N) is 1. The summed E-state index contributed by atoms with van der Waals surface area (Å²) in [6.45, 7) is 4.13. The summed E-state index contributed by atoms with van der Waals surface area (Å²) in [4.78, 5) is 5.58. The van der Waals surface area contributed by atoms with Crippen molar-refractivity contribution in [1.82, 2.24) is 10.6 Å². The highest BCUT2D eigenvalue weighted by molar-refractivity contribution is 14.0. The zero-order chi connectivity index (χ0) is 13.7. The zero-order valence-electron chi connectivity index (χ0n) is 11.7. The Morgan fingerprint density at radius 3 is 2.80 bits per heavy atom. The Kier molecular flexibility index (Phi) is 8.22. The van der Waals surface area contributed by atoms with Crippen LogP contribution in [0.15, 0.2) is 20.9 Å². The van der Waals surface area contributed by atoms with Gasteiger partial charge in [0.05, 0.1) is 10.3 Å². The molecular formula is C13H21BrIN3S2. The summed E-state index contributed by atoms with van der Waals surface area (Å²) in [5, 5.41) is 6.80. The lowest BCUT2D eigenvalue weighted by atomic mass is 10.1. The molecule has 0 aliphatic carbocycles. The summed E-state index contributed by atoms with van der Waals surface area (Å²) in [5.41, 5.74) is 0. The summed E-state index contributed by atoms with van der Waals surface area (Å²) >= 11 is 7.30. The Bertz CT molecular complexity index is 445. The number of aliphatic imine (C=N–C) groups is 1. The number of guanidine groups is 1. The first-order chi connectivity index (χ1) is 9.11. The number of halogens is 2. The molecule has 2 rings (SSSR count). The quantitative estimate of drug-likeness (QED) is 0.380. The van der Waals surface area contributed by atoms with E-state index >= 15 is 0 Å². The van der Waals surface area contributed by atoms with Gasteiger partial charge in [-0.25, -0.2) is 0 Å². The van der Waals surface area contributed by atoms with Crippen LogP contribution in [0.25, 0.3) is 0 Å². The van der Waals surface area contributed by atoms with Gasteiger partial charge >= 0.3 is 0 Å². The Labute approximate surface area is 154 Å². The first kappa shape index (κ1) is 18.6. The Morgan fingerprint density at radius 2 is 2.25 bits per heavy atom. The molecule has 1 fully saturated rings. The van der Waals surface area contributed by atoms with Crippen LogP contribution in [-0.2, 0) is 6.54 Å². The average Bonchev–Trinajstić information content (AvgIpc) is 2.99. The smallest absolute Gasteiger partial charge is 0.191 e. The van der Waals surface area contributed by atoms with Crippen LogP contribution < -0.4 is 10.6 Å². The van der Waals surface area contributed by atoms with Crippen LogP contribution in [0.4, 0.5) is 0 Å². The van der Waals surface area contributed by atoms with Crippen molar-refractivity contribution in [3.63, 3.8) is 0 Å². The molecule has 2 heterocycles. The third-order valence-electron chi connectivity index (χ3n) is 3.21. The first-order valence-electron chi connectivity index (χ1n) is 6.44. The molecule has 0 amide bonds. The van der Waals surface area contributed by atoms with E-state index in [1.54, 1.807) is 11.3 Å². The molecule has 0 spiro atoms. The minimum absolute atomic E-state index is 0. The molecule has 1 aromatic rings. The van der Waals surface area contributed by atoms with Gasteiger partial charge in [-0.1, -0.05) is 0 Å². The summed E-state index contributed by atoms with van der Waals surface area (Å²) in [7, 11) is 1.82. The highest BCUT2D eigenvalue weighted by Gasteiger charge is 2.29. The van der Waals surface area contributed by atoms with Crippen molar-refractivity contribution in [3.05, 3.63) is 20.8 Å². The van der Waals surface area contributed by atoms with Crippen molar-refractivity contribution in [2.75, 3.05) is 19.3 Å². The van der Waals surface area contributed by atoms with Crippen molar-refractivity contribution < 1.29 is 0 Å². The molecule has 1 saturated heterocycles. The topological polar surface area (TPSA) is 36.4 Å². The van der Waals surface area contributed by atoms with E-state index in [0.717, 1.165) is 19.0 Å². The Morgan fingerprint density at radius 1 is 1.45 bits per heavy atom. The second kappa shape index (κ2) is 8.85. The van der Waals surface area contributed by atoms with Crippen LogP contribution in [0.5, 0.6) is 0 Å². The second-order valence-electron chi connectivity index (χ2n) is 4.89. The maximum Gasteiger partial charge on any atom is 0.191 e. The van der Waals surface area contributed by atoms with Crippen LogP contribution in [0.3, 0.4) is 0 Å². The second-order valence-corrected chi connectivity index (χ2v) is 9.12. The molecule has 1 unspecified atom stereocenters. The van der Waals surface area contributed by atoms with Crippen molar-refractivity contribution in [3.8, 4) is 0 Å². The van der Waals surface area contributed by atoms with E-state index in [-0.39, 0.29) is 24.0 Å². The molecule has 1 aromatic heterocycles. The van der Waals surface area contributed by atoms with E-state index < -0.39 is 0 Å². The Balaban J connectivity index is 0.00000200. The molecule has 114 valence electrons. The van der Waals surface area contributed by atoms with E-state index in [1.807, 2.05) is 7.05 Å². The van der Waals surface area contributed by atoms with Crippen molar-refractivity contribution in [2.45, 2.75) is 31.1 Å². The van der Waals surface area contributed by atoms with E-state index in [9.17, 15) is 0 Å². The molecule has 2 N–H and O–H groups in total.